The number of hydrogen-bond donors (Lipinski definition) is 1. The average Bonchev–Trinajstić information content (AvgIpc) is 3.59. The Kier molecular flexibility index (Phi) is 85.7. The Morgan fingerprint density at radius 2 is 0.330 bits per heavy atom. The molecule has 0 aromatic rings. The molecule has 0 atom stereocenters. The van der Waals surface area contributed by atoms with Crippen molar-refractivity contribution in [1.29, 1.82) is 0 Å². The van der Waals surface area contributed by atoms with Crippen LogP contribution in [0.25, 0.3) is 0 Å². The molecule has 0 fully saturated rings. The van der Waals surface area contributed by atoms with Gasteiger partial charge < -0.3 is 30.5 Å². The summed E-state index contributed by atoms with van der Waals surface area (Å²) in [5.41, 5.74) is 0. The van der Waals surface area contributed by atoms with E-state index in [2.05, 4.69) is 55.6 Å². The van der Waals surface area contributed by atoms with Crippen LogP contribution in [0.5, 0.6) is 0 Å². The molecule has 6 nitrogen and oxygen atoms in total. The van der Waals surface area contributed by atoms with Crippen LogP contribution in [0.4, 0.5) is 0 Å². The van der Waals surface area contributed by atoms with Crippen molar-refractivity contribution in [3.63, 3.8) is 0 Å². The zero-order valence-electron chi connectivity index (χ0n) is 62.3. The summed E-state index contributed by atoms with van der Waals surface area (Å²) >= 11 is 0. The Hall–Kier alpha value is 0.270. The molecule has 0 radical (unpaired) electrons. The van der Waals surface area contributed by atoms with Gasteiger partial charge in [-0.1, -0.05) is 401 Å². The molecule has 0 spiro atoms. The molecule has 0 saturated carbocycles. The maximum atomic E-state index is 8.63. The lowest BCUT2D eigenvalue weighted by molar-refractivity contribution is -0.928. The molecule has 0 aliphatic carbocycles. The molecular formula is C80H169BrN2O4S. The molecular weight excluding hydrogens is 1160 g/mol. The second kappa shape index (κ2) is 79.7. The van der Waals surface area contributed by atoms with Gasteiger partial charge in [0.05, 0.1) is 53.4 Å². The fourth-order valence-electron chi connectivity index (χ4n) is 13.9. The van der Waals surface area contributed by atoms with Crippen molar-refractivity contribution in [2.45, 2.75) is 465 Å². The maximum absolute atomic E-state index is 8.63. The van der Waals surface area contributed by atoms with Gasteiger partial charge in [-0.05, 0) is 64.2 Å². The topological polar surface area (TPSA) is 77.4 Å². The SMILES string of the molecule is CCCCCCCCCCCCCCCCCC[N+](C)(C)CCCCCCCCCCCCCCCCCC.CCCCCCCCCCCCCCCCCC[N+](CCC)(CCC)CCCCCCCCCCCCCCCCCC.O=S(=O)([O-])O.[Br-]. The van der Waals surface area contributed by atoms with Crippen LogP contribution in [0.2, 0.25) is 0 Å². The van der Waals surface area contributed by atoms with E-state index in [0.29, 0.717) is 0 Å². The number of nitrogens with zero attached hydrogens (tertiary/aromatic N) is 2. The minimum absolute atomic E-state index is 0. The molecule has 0 aromatic heterocycles. The highest BCUT2D eigenvalue weighted by atomic mass is 79.9. The van der Waals surface area contributed by atoms with E-state index in [1.165, 1.54) is 472 Å². The quantitative estimate of drug-likeness (QED) is 0.0285. The lowest BCUT2D eigenvalue weighted by Crippen LogP contribution is -3.00. The van der Waals surface area contributed by atoms with Gasteiger partial charge in [0.15, 0.2) is 0 Å². The van der Waals surface area contributed by atoms with Gasteiger partial charge in [-0.2, -0.15) is 0 Å². The smallest absolute Gasteiger partial charge is 0.215 e. The van der Waals surface area contributed by atoms with Gasteiger partial charge in [-0.3, -0.25) is 4.55 Å². The molecule has 0 aromatic carbocycles. The van der Waals surface area contributed by atoms with E-state index in [-0.39, 0.29) is 17.0 Å². The Labute approximate surface area is 569 Å². The summed E-state index contributed by atoms with van der Waals surface area (Å²) < 4.78 is 35.5. The molecule has 0 saturated heterocycles. The third kappa shape index (κ3) is 88.3. The molecule has 0 unspecified atom stereocenters. The summed E-state index contributed by atoms with van der Waals surface area (Å²) in [6, 6.07) is 0. The van der Waals surface area contributed by atoms with Gasteiger partial charge >= 0.3 is 0 Å². The standard InChI is InChI=1S/C42H88N.C38H80N.BrH.H2O4S/c1-5-9-11-13-15-17-19-21-23-25-27-29-31-33-35-37-41-43(39-7-3,40-8-4)42-38-36-34-32-30-28-26-24-22-20-18-16-14-12-10-6-2;1-5-7-9-11-13-15-17-19-21-23-25-27-29-31-33-35-37-39(3,4)38-36-34-32-30-28-26-24-22-20-18-16-14-12-10-8-6-2;;1-5(2,3)4/h5-42H2,1-4H3;5-38H2,1-4H3;1H;(H2,1,2,3,4)/q2*+1;;/p-2. The number of unbranched alkanes of at least 4 members (excludes halogenated alkanes) is 60. The third-order valence-electron chi connectivity index (χ3n) is 19.6. The average molecular weight is 1340 g/mol. The molecule has 8 heteroatoms. The van der Waals surface area contributed by atoms with Gasteiger partial charge in [0, 0.05) is 0 Å². The monoisotopic (exact) mass is 1330 g/mol. The fraction of sp³-hybridized carbons (Fsp3) is 1.00. The molecule has 0 aliphatic heterocycles. The van der Waals surface area contributed by atoms with Crippen LogP contribution in [0.3, 0.4) is 0 Å². The molecule has 0 bridgehead atoms. The maximum Gasteiger partial charge on any atom is 0.215 e. The van der Waals surface area contributed by atoms with Crippen molar-refractivity contribution < 1.29 is 43.5 Å². The Bertz CT molecular complexity index is 1240. The predicted molar refractivity (Wildman–Crippen MR) is 393 cm³/mol. The van der Waals surface area contributed by atoms with Gasteiger partial charge in [-0.25, -0.2) is 8.42 Å². The fourth-order valence-corrected chi connectivity index (χ4v) is 13.9. The van der Waals surface area contributed by atoms with Gasteiger partial charge in [0.25, 0.3) is 0 Å². The Balaban J connectivity index is -0.000000738. The predicted octanol–water partition coefficient (Wildman–Crippen LogP) is 24.7. The van der Waals surface area contributed by atoms with Crippen molar-refractivity contribution in [3.05, 3.63) is 0 Å². The van der Waals surface area contributed by atoms with Crippen LogP contribution in [-0.4, -0.2) is 79.9 Å². The summed E-state index contributed by atoms with van der Waals surface area (Å²) in [6.07, 6.45) is 96.8. The largest absolute Gasteiger partial charge is 1.00 e. The van der Waals surface area contributed by atoms with Crippen LogP contribution in [-0.2, 0) is 10.4 Å². The van der Waals surface area contributed by atoms with Crippen LogP contribution in [0, 0.1) is 0 Å². The van der Waals surface area contributed by atoms with E-state index >= 15 is 0 Å². The van der Waals surface area contributed by atoms with Gasteiger partial charge in [0.1, 0.15) is 0 Å². The minimum atomic E-state index is -4.92. The lowest BCUT2D eigenvalue weighted by Gasteiger charge is -2.39. The number of halogens is 1. The second-order valence-electron chi connectivity index (χ2n) is 29.3. The molecule has 536 valence electrons. The minimum Gasteiger partial charge on any atom is -1.00 e. The third-order valence-corrected chi connectivity index (χ3v) is 19.6. The molecule has 0 heterocycles. The zero-order chi connectivity index (χ0) is 64.4. The Morgan fingerprint density at radius 3 is 0.455 bits per heavy atom. The Morgan fingerprint density at radius 1 is 0.216 bits per heavy atom. The van der Waals surface area contributed by atoms with E-state index in [1.807, 2.05) is 0 Å². The summed E-state index contributed by atoms with van der Waals surface area (Å²) in [6.45, 7) is 22.6. The van der Waals surface area contributed by atoms with Crippen molar-refractivity contribution >= 4 is 10.4 Å². The van der Waals surface area contributed by atoms with Crippen molar-refractivity contribution in [2.24, 2.45) is 0 Å². The lowest BCUT2D eigenvalue weighted by atomic mass is 10.0. The first kappa shape index (κ1) is 94.7. The first-order valence-corrected chi connectivity index (χ1v) is 42.1. The normalized spacial score (nSPS) is 11.8. The first-order chi connectivity index (χ1) is 42.4. The summed E-state index contributed by atoms with van der Waals surface area (Å²) in [5.74, 6) is 0. The summed E-state index contributed by atoms with van der Waals surface area (Å²) in [4.78, 5) is 0. The number of rotatable bonds is 72. The van der Waals surface area contributed by atoms with E-state index in [4.69, 9.17) is 17.5 Å². The summed E-state index contributed by atoms with van der Waals surface area (Å²) in [7, 11) is 0.0207. The van der Waals surface area contributed by atoms with Crippen LogP contribution < -0.4 is 17.0 Å². The number of hydrogen-bond acceptors (Lipinski definition) is 3. The number of quaternary nitrogens is 2. The van der Waals surface area contributed by atoms with E-state index in [0.717, 1.165) is 0 Å². The molecule has 0 rings (SSSR count). The zero-order valence-corrected chi connectivity index (χ0v) is 64.7. The van der Waals surface area contributed by atoms with Crippen LogP contribution >= 0.6 is 0 Å². The van der Waals surface area contributed by atoms with Gasteiger partial charge in [0.2, 0.25) is 10.4 Å². The van der Waals surface area contributed by atoms with E-state index < -0.39 is 10.4 Å². The molecule has 0 aliphatic rings. The van der Waals surface area contributed by atoms with Crippen molar-refractivity contribution in [3.8, 4) is 0 Å². The molecule has 1 N–H and O–H groups in total. The molecule has 88 heavy (non-hydrogen) atoms. The highest BCUT2D eigenvalue weighted by molar-refractivity contribution is 7.79. The highest BCUT2D eigenvalue weighted by Crippen LogP contribution is 2.22. The van der Waals surface area contributed by atoms with Gasteiger partial charge in [-0.15, -0.1) is 0 Å². The van der Waals surface area contributed by atoms with E-state index in [9.17, 15) is 0 Å². The van der Waals surface area contributed by atoms with Crippen molar-refractivity contribution in [1.82, 2.24) is 0 Å². The summed E-state index contributed by atoms with van der Waals surface area (Å²) in [5, 5.41) is 0. The van der Waals surface area contributed by atoms with Crippen molar-refractivity contribution in [2.75, 3.05) is 53.4 Å². The van der Waals surface area contributed by atoms with E-state index in [1.54, 1.807) is 0 Å². The first-order valence-electron chi connectivity index (χ1n) is 40.7. The molecule has 0 amide bonds. The van der Waals surface area contributed by atoms with Crippen LogP contribution in [0.15, 0.2) is 0 Å². The highest BCUT2D eigenvalue weighted by Gasteiger charge is 2.24. The second-order valence-corrected chi connectivity index (χ2v) is 30.1. The van der Waals surface area contributed by atoms with Crippen LogP contribution in [0.1, 0.15) is 465 Å².